The number of morpholine rings is 1. The SMILES string of the molecule is Cc1ccc([C@@H](CNC(=O)[C@H]2CCC(=O)N2)N2CCOCC2)o1. The lowest BCUT2D eigenvalue weighted by Gasteiger charge is -2.33. The van der Waals surface area contributed by atoms with E-state index in [2.05, 4.69) is 15.5 Å². The fourth-order valence-electron chi connectivity index (χ4n) is 3.06. The first-order chi connectivity index (χ1) is 11.1. The smallest absolute Gasteiger partial charge is 0.242 e. The van der Waals surface area contributed by atoms with Gasteiger partial charge in [0.25, 0.3) is 0 Å². The van der Waals surface area contributed by atoms with Crippen LogP contribution in [0.3, 0.4) is 0 Å². The van der Waals surface area contributed by atoms with Crippen molar-refractivity contribution in [2.75, 3.05) is 32.8 Å². The van der Waals surface area contributed by atoms with Gasteiger partial charge in [-0.3, -0.25) is 14.5 Å². The summed E-state index contributed by atoms with van der Waals surface area (Å²) in [5.41, 5.74) is 0. The van der Waals surface area contributed by atoms with Crippen molar-refractivity contribution in [1.29, 1.82) is 0 Å². The number of ether oxygens (including phenoxy) is 1. The lowest BCUT2D eigenvalue weighted by molar-refractivity contribution is -0.126. The molecule has 1 aromatic rings. The van der Waals surface area contributed by atoms with E-state index in [0.29, 0.717) is 32.6 Å². The summed E-state index contributed by atoms with van der Waals surface area (Å²) in [6.07, 6.45) is 0.981. The fourth-order valence-corrected chi connectivity index (χ4v) is 3.06. The molecule has 0 bridgehead atoms. The van der Waals surface area contributed by atoms with Gasteiger partial charge in [0.1, 0.15) is 17.6 Å². The molecule has 0 spiro atoms. The average Bonchev–Trinajstić information content (AvgIpc) is 3.17. The van der Waals surface area contributed by atoms with Crippen molar-refractivity contribution in [3.8, 4) is 0 Å². The van der Waals surface area contributed by atoms with Crippen LogP contribution < -0.4 is 10.6 Å². The van der Waals surface area contributed by atoms with Crippen LogP contribution in [0.15, 0.2) is 16.5 Å². The molecule has 3 rings (SSSR count). The number of hydrogen-bond acceptors (Lipinski definition) is 5. The first-order valence-corrected chi connectivity index (χ1v) is 8.08. The van der Waals surface area contributed by atoms with Crippen LogP contribution >= 0.6 is 0 Å². The third-order valence-corrected chi connectivity index (χ3v) is 4.36. The van der Waals surface area contributed by atoms with Crippen molar-refractivity contribution >= 4 is 11.8 Å². The Morgan fingerprint density at radius 2 is 2.22 bits per heavy atom. The predicted octanol–water partition coefficient (Wildman–Crippen LogP) is 0.356. The highest BCUT2D eigenvalue weighted by Gasteiger charge is 2.30. The van der Waals surface area contributed by atoms with E-state index >= 15 is 0 Å². The van der Waals surface area contributed by atoms with Crippen molar-refractivity contribution in [3.05, 3.63) is 23.7 Å². The van der Waals surface area contributed by atoms with Crippen molar-refractivity contribution in [2.24, 2.45) is 0 Å². The molecular formula is C16H23N3O4. The Bertz CT molecular complexity index is 565. The van der Waals surface area contributed by atoms with Gasteiger partial charge in [-0.05, 0) is 25.5 Å². The number of nitrogens with zero attached hydrogens (tertiary/aromatic N) is 1. The number of carbonyl (C=O) groups excluding carboxylic acids is 2. The van der Waals surface area contributed by atoms with Crippen LogP contribution in [0.2, 0.25) is 0 Å². The second kappa shape index (κ2) is 7.14. The number of nitrogens with one attached hydrogen (secondary N) is 2. The molecule has 7 heteroatoms. The largest absolute Gasteiger partial charge is 0.465 e. The van der Waals surface area contributed by atoms with E-state index in [1.165, 1.54) is 0 Å². The Morgan fingerprint density at radius 1 is 1.43 bits per heavy atom. The molecule has 2 amide bonds. The summed E-state index contributed by atoms with van der Waals surface area (Å²) < 4.78 is 11.2. The predicted molar refractivity (Wildman–Crippen MR) is 82.8 cm³/mol. The van der Waals surface area contributed by atoms with Crippen LogP contribution in [-0.2, 0) is 14.3 Å². The second-order valence-electron chi connectivity index (χ2n) is 6.02. The summed E-state index contributed by atoms with van der Waals surface area (Å²) in [5.74, 6) is 1.52. The molecule has 2 aliphatic rings. The lowest BCUT2D eigenvalue weighted by Crippen LogP contribution is -2.47. The molecule has 0 aliphatic carbocycles. The maximum Gasteiger partial charge on any atom is 0.242 e. The number of amides is 2. The van der Waals surface area contributed by atoms with Crippen LogP contribution in [-0.4, -0.2) is 55.6 Å². The number of carbonyl (C=O) groups is 2. The van der Waals surface area contributed by atoms with Gasteiger partial charge in [0, 0.05) is 26.1 Å². The van der Waals surface area contributed by atoms with E-state index in [1.54, 1.807) is 0 Å². The molecule has 0 aromatic carbocycles. The highest BCUT2D eigenvalue weighted by molar-refractivity contribution is 5.90. The Balaban J connectivity index is 1.63. The molecule has 3 heterocycles. The standard InChI is InChI=1S/C16H23N3O4/c1-11-2-4-14(23-11)13(19-6-8-22-9-7-19)10-17-16(21)12-3-5-15(20)18-12/h2,4,12-13H,3,5-10H2,1H3,(H,17,21)(H,18,20)/t12-,13-/m1/s1. The summed E-state index contributed by atoms with van der Waals surface area (Å²) in [7, 11) is 0. The molecule has 0 radical (unpaired) electrons. The van der Waals surface area contributed by atoms with Gasteiger partial charge in [0.2, 0.25) is 11.8 Å². The number of hydrogen-bond donors (Lipinski definition) is 2. The normalized spacial score (nSPS) is 23.5. The summed E-state index contributed by atoms with van der Waals surface area (Å²) in [6.45, 7) is 5.34. The minimum atomic E-state index is -0.411. The molecule has 2 saturated heterocycles. The second-order valence-corrected chi connectivity index (χ2v) is 6.02. The van der Waals surface area contributed by atoms with E-state index in [4.69, 9.17) is 9.15 Å². The zero-order chi connectivity index (χ0) is 16.2. The first-order valence-electron chi connectivity index (χ1n) is 8.08. The average molecular weight is 321 g/mol. The van der Waals surface area contributed by atoms with Crippen molar-refractivity contribution in [1.82, 2.24) is 15.5 Å². The summed E-state index contributed by atoms with van der Waals surface area (Å²) in [6, 6.07) is 3.46. The van der Waals surface area contributed by atoms with E-state index < -0.39 is 6.04 Å². The molecule has 0 saturated carbocycles. The zero-order valence-electron chi connectivity index (χ0n) is 13.3. The van der Waals surface area contributed by atoms with Crippen LogP contribution in [0.25, 0.3) is 0 Å². The first kappa shape index (κ1) is 16.0. The van der Waals surface area contributed by atoms with Crippen LogP contribution in [0.4, 0.5) is 0 Å². The van der Waals surface area contributed by atoms with E-state index in [0.717, 1.165) is 24.6 Å². The zero-order valence-corrected chi connectivity index (χ0v) is 13.3. The summed E-state index contributed by atoms with van der Waals surface area (Å²) in [4.78, 5) is 25.7. The Hall–Kier alpha value is -1.86. The summed E-state index contributed by atoms with van der Waals surface area (Å²) >= 11 is 0. The fraction of sp³-hybridized carbons (Fsp3) is 0.625. The summed E-state index contributed by atoms with van der Waals surface area (Å²) in [5, 5.41) is 5.65. The molecule has 2 aliphatic heterocycles. The highest BCUT2D eigenvalue weighted by Crippen LogP contribution is 2.23. The maximum absolute atomic E-state index is 12.2. The quantitative estimate of drug-likeness (QED) is 0.818. The van der Waals surface area contributed by atoms with Crippen LogP contribution in [0, 0.1) is 6.92 Å². The van der Waals surface area contributed by atoms with Gasteiger partial charge in [-0.2, -0.15) is 0 Å². The third-order valence-electron chi connectivity index (χ3n) is 4.36. The highest BCUT2D eigenvalue weighted by atomic mass is 16.5. The van der Waals surface area contributed by atoms with Crippen LogP contribution in [0.5, 0.6) is 0 Å². The topological polar surface area (TPSA) is 83.8 Å². The van der Waals surface area contributed by atoms with Gasteiger partial charge < -0.3 is 19.8 Å². The third kappa shape index (κ3) is 3.92. The maximum atomic E-state index is 12.2. The van der Waals surface area contributed by atoms with E-state index in [-0.39, 0.29) is 17.9 Å². The molecule has 2 atom stereocenters. The van der Waals surface area contributed by atoms with Crippen molar-refractivity contribution in [2.45, 2.75) is 31.8 Å². The van der Waals surface area contributed by atoms with Gasteiger partial charge in [0.15, 0.2) is 0 Å². The molecule has 0 unspecified atom stereocenters. The van der Waals surface area contributed by atoms with E-state index in [1.807, 2.05) is 19.1 Å². The molecule has 7 nitrogen and oxygen atoms in total. The molecule has 2 fully saturated rings. The lowest BCUT2D eigenvalue weighted by atomic mass is 10.1. The molecule has 23 heavy (non-hydrogen) atoms. The van der Waals surface area contributed by atoms with Gasteiger partial charge in [-0.1, -0.05) is 0 Å². The van der Waals surface area contributed by atoms with Crippen LogP contribution in [0.1, 0.15) is 30.4 Å². The Morgan fingerprint density at radius 3 is 2.83 bits per heavy atom. The van der Waals surface area contributed by atoms with Gasteiger partial charge in [-0.25, -0.2) is 0 Å². The van der Waals surface area contributed by atoms with Gasteiger partial charge in [-0.15, -0.1) is 0 Å². The number of aryl methyl sites for hydroxylation is 1. The van der Waals surface area contributed by atoms with Crippen molar-refractivity contribution in [3.63, 3.8) is 0 Å². The molecule has 126 valence electrons. The van der Waals surface area contributed by atoms with Gasteiger partial charge >= 0.3 is 0 Å². The van der Waals surface area contributed by atoms with Crippen molar-refractivity contribution < 1.29 is 18.7 Å². The number of furan rings is 1. The molecule has 1 aromatic heterocycles. The minimum Gasteiger partial charge on any atom is -0.465 e. The van der Waals surface area contributed by atoms with Gasteiger partial charge in [0.05, 0.1) is 19.3 Å². The monoisotopic (exact) mass is 321 g/mol. The Kier molecular flexibility index (Phi) is 4.97. The molecule has 2 N–H and O–H groups in total. The van der Waals surface area contributed by atoms with E-state index in [9.17, 15) is 9.59 Å². The molecular weight excluding hydrogens is 298 g/mol. The Labute approximate surface area is 135 Å². The number of rotatable bonds is 5. The minimum absolute atomic E-state index is 0.0198.